The highest BCUT2D eigenvalue weighted by atomic mass is 16.3. The van der Waals surface area contributed by atoms with Crippen LogP contribution in [-0.2, 0) is 0 Å². The van der Waals surface area contributed by atoms with Gasteiger partial charge in [-0.05, 0) is 86.9 Å². The van der Waals surface area contributed by atoms with Gasteiger partial charge in [0.2, 0.25) is 0 Å². The minimum Gasteiger partial charge on any atom is -0.456 e. The van der Waals surface area contributed by atoms with Crippen LogP contribution in [0.5, 0.6) is 0 Å². The Labute approximate surface area is 332 Å². The molecule has 1 aliphatic rings. The molecule has 0 amide bonds. The first-order chi connectivity index (χ1) is 28.8. The zero-order valence-electron chi connectivity index (χ0n) is 31.0. The molecule has 12 aromatic rings. The minimum absolute atomic E-state index is 0.625. The van der Waals surface area contributed by atoms with E-state index in [2.05, 4.69) is 168 Å². The SMILES string of the molecule is c1ccc(-c2nc(-c3ccc(-n4c5cccc6c5c5c7c(ccc8oc9cccc-6c9c87)ccc54)cc3)nc(-c3cccc4c(-c5ccccc5)cccc34)n2)cc1. The van der Waals surface area contributed by atoms with E-state index >= 15 is 0 Å². The van der Waals surface area contributed by atoms with Gasteiger partial charge < -0.3 is 8.98 Å². The molecule has 0 N–H and O–H groups in total. The minimum atomic E-state index is 0.625. The maximum absolute atomic E-state index is 6.46. The number of hydrogen-bond donors (Lipinski definition) is 0. The van der Waals surface area contributed by atoms with Crippen LogP contribution < -0.4 is 0 Å². The second-order valence-corrected chi connectivity index (χ2v) is 15.1. The van der Waals surface area contributed by atoms with Crippen molar-refractivity contribution >= 4 is 65.3 Å². The van der Waals surface area contributed by atoms with Crippen LogP contribution >= 0.6 is 0 Å². The monoisotopic (exact) mass is 738 g/mol. The second kappa shape index (κ2) is 11.8. The molecule has 0 spiro atoms. The summed E-state index contributed by atoms with van der Waals surface area (Å²) in [4.78, 5) is 15.4. The summed E-state index contributed by atoms with van der Waals surface area (Å²) in [5.74, 6) is 1.90. The van der Waals surface area contributed by atoms with Gasteiger partial charge in [-0.2, -0.15) is 0 Å². The van der Waals surface area contributed by atoms with Gasteiger partial charge in [-0.25, -0.2) is 15.0 Å². The van der Waals surface area contributed by atoms with E-state index in [0.717, 1.165) is 49.8 Å². The standard InChI is InChI=1S/C53H30N4O/c1-3-11-31(12-4-1)36-15-7-17-38-37(36)16-8-20-41(38)53-55-51(33-13-5-2-6-14-33)54-52(56-53)34-23-27-35(28-24-34)57-42-21-9-18-39-40-19-10-22-44-48(40)50-45(58-44)30-26-32-25-29-43(57)49(46(32)50)47(39)42/h1-30H. The molecule has 1 aliphatic carbocycles. The highest BCUT2D eigenvalue weighted by Gasteiger charge is 2.26. The summed E-state index contributed by atoms with van der Waals surface area (Å²) in [7, 11) is 0. The lowest BCUT2D eigenvalue weighted by Crippen LogP contribution is -2.01. The third-order valence-corrected chi connectivity index (χ3v) is 12.0. The first-order valence-electron chi connectivity index (χ1n) is 19.6. The molecule has 0 unspecified atom stereocenters. The average Bonchev–Trinajstić information content (AvgIpc) is 3.81. The molecule has 268 valence electrons. The van der Waals surface area contributed by atoms with Crippen LogP contribution in [0.3, 0.4) is 0 Å². The van der Waals surface area contributed by atoms with Gasteiger partial charge in [0, 0.05) is 49.3 Å². The lowest BCUT2D eigenvalue weighted by atomic mass is 9.95. The molecule has 0 saturated heterocycles. The van der Waals surface area contributed by atoms with Crippen LogP contribution in [0.2, 0.25) is 0 Å². The summed E-state index contributed by atoms with van der Waals surface area (Å²) in [6, 6.07) is 64.2. The summed E-state index contributed by atoms with van der Waals surface area (Å²) < 4.78 is 8.86. The average molecular weight is 739 g/mol. The molecule has 3 aromatic heterocycles. The van der Waals surface area contributed by atoms with Crippen molar-refractivity contribution in [3.8, 4) is 62.1 Å². The third-order valence-electron chi connectivity index (χ3n) is 12.0. The van der Waals surface area contributed by atoms with Crippen molar-refractivity contribution < 1.29 is 4.42 Å². The van der Waals surface area contributed by atoms with Crippen molar-refractivity contribution in [1.29, 1.82) is 0 Å². The van der Waals surface area contributed by atoms with Gasteiger partial charge in [-0.3, -0.25) is 0 Å². The highest BCUT2D eigenvalue weighted by molar-refractivity contribution is 6.37. The Kier molecular flexibility index (Phi) is 6.38. The maximum atomic E-state index is 6.46. The zero-order valence-corrected chi connectivity index (χ0v) is 31.0. The van der Waals surface area contributed by atoms with E-state index in [1.165, 1.54) is 60.1 Å². The Bertz CT molecular complexity index is 3660. The number of aromatic nitrogens is 4. The fourth-order valence-corrected chi connectivity index (χ4v) is 9.48. The largest absolute Gasteiger partial charge is 0.456 e. The number of furan rings is 1. The van der Waals surface area contributed by atoms with Gasteiger partial charge in [0.25, 0.3) is 0 Å². The van der Waals surface area contributed by atoms with Crippen molar-refractivity contribution in [1.82, 2.24) is 19.5 Å². The predicted molar refractivity (Wildman–Crippen MR) is 237 cm³/mol. The molecule has 0 atom stereocenters. The van der Waals surface area contributed by atoms with E-state index in [9.17, 15) is 0 Å². The molecule has 58 heavy (non-hydrogen) atoms. The van der Waals surface area contributed by atoms with Gasteiger partial charge in [0.15, 0.2) is 17.5 Å². The van der Waals surface area contributed by atoms with E-state index < -0.39 is 0 Å². The number of rotatable bonds is 5. The lowest BCUT2D eigenvalue weighted by Gasteiger charge is -2.13. The molecule has 0 bridgehead atoms. The van der Waals surface area contributed by atoms with Crippen LogP contribution in [-0.4, -0.2) is 19.5 Å². The number of hydrogen-bond acceptors (Lipinski definition) is 4. The van der Waals surface area contributed by atoms with E-state index in [-0.39, 0.29) is 0 Å². The lowest BCUT2D eigenvalue weighted by molar-refractivity contribution is 0.669. The molecular weight excluding hydrogens is 709 g/mol. The van der Waals surface area contributed by atoms with Crippen LogP contribution in [0, 0.1) is 0 Å². The molecule has 0 fully saturated rings. The van der Waals surface area contributed by atoms with Gasteiger partial charge in [0.1, 0.15) is 11.2 Å². The molecule has 0 radical (unpaired) electrons. The number of fused-ring (bicyclic) bond motifs is 2. The van der Waals surface area contributed by atoms with Gasteiger partial charge in [-0.15, -0.1) is 0 Å². The van der Waals surface area contributed by atoms with Crippen molar-refractivity contribution in [2.75, 3.05) is 0 Å². The van der Waals surface area contributed by atoms with Crippen molar-refractivity contribution in [3.63, 3.8) is 0 Å². The fourth-order valence-electron chi connectivity index (χ4n) is 9.48. The first-order valence-corrected chi connectivity index (χ1v) is 19.6. The normalized spacial score (nSPS) is 12.1. The fraction of sp³-hybridized carbons (Fsp3) is 0. The van der Waals surface area contributed by atoms with E-state index in [0.29, 0.717) is 17.5 Å². The predicted octanol–water partition coefficient (Wildman–Crippen LogP) is 13.8. The van der Waals surface area contributed by atoms with E-state index in [1.807, 2.05) is 18.2 Å². The van der Waals surface area contributed by atoms with Gasteiger partial charge in [-0.1, -0.05) is 133 Å². The van der Waals surface area contributed by atoms with Crippen molar-refractivity contribution in [2.45, 2.75) is 0 Å². The Balaban J connectivity index is 0.999. The quantitative estimate of drug-likeness (QED) is 0.176. The van der Waals surface area contributed by atoms with Crippen LogP contribution in [0.4, 0.5) is 0 Å². The Morgan fingerprint density at radius 2 is 0.897 bits per heavy atom. The third kappa shape index (κ3) is 4.38. The van der Waals surface area contributed by atoms with Crippen LogP contribution in [0.1, 0.15) is 0 Å². The summed E-state index contributed by atoms with van der Waals surface area (Å²) in [5.41, 5.74) is 12.9. The topological polar surface area (TPSA) is 56.7 Å². The molecule has 3 heterocycles. The molecule has 0 saturated carbocycles. The van der Waals surface area contributed by atoms with Crippen molar-refractivity contribution in [3.05, 3.63) is 182 Å². The Morgan fingerprint density at radius 3 is 1.67 bits per heavy atom. The Morgan fingerprint density at radius 1 is 0.328 bits per heavy atom. The molecule has 13 rings (SSSR count). The van der Waals surface area contributed by atoms with Gasteiger partial charge >= 0.3 is 0 Å². The first kappa shape index (κ1) is 31.3. The molecule has 5 nitrogen and oxygen atoms in total. The highest BCUT2D eigenvalue weighted by Crippen LogP contribution is 2.50. The molecule has 0 aliphatic heterocycles. The summed E-state index contributed by atoms with van der Waals surface area (Å²) >= 11 is 0. The second-order valence-electron chi connectivity index (χ2n) is 15.1. The maximum Gasteiger partial charge on any atom is 0.164 e. The Hall–Kier alpha value is -7.89. The summed E-state index contributed by atoms with van der Waals surface area (Å²) in [6.45, 7) is 0. The molecule has 5 heteroatoms. The summed E-state index contributed by atoms with van der Waals surface area (Å²) in [6.07, 6.45) is 0. The zero-order chi connectivity index (χ0) is 37.9. The number of nitrogens with zero attached hydrogens (tertiary/aromatic N) is 4. The van der Waals surface area contributed by atoms with Gasteiger partial charge in [0.05, 0.1) is 11.0 Å². The van der Waals surface area contributed by atoms with E-state index in [1.54, 1.807) is 0 Å². The summed E-state index contributed by atoms with van der Waals surface area (Å²) in [5, 5.41) is 9.64. The number of benzene rings is 9. The smallest absolute Gasteiger partial charge is 0.164 e. The van der Waals surface area contributed by atoms with Crippen LogP contribution in [0.15, 0.2) is 186 Å². The van der Waals surface area contributed by atoms with Crippen LogP contribution in [0.25, 0.3) is 127 Å². The van der Waals surface area contributed by atoms with Crippen molar-refractivity contribution in [2.24, 2.45) is 0 Å². The molecule has 9 aromatic carbocycles. The molecular formula is C53H30N4O. The van der Waals surface area contributed by atoms with E-state index in [4.69, 9.17) is 19.4 Å².